The van der Waals surface area contributed by atoms with Gasteiger partial charge in [-0.2, -0.15) is 10.2 Å². The molecule has 0 saturated carbocycles. The van der Waals surface area contributed by atoms with Crippen molar-refractivity contribution in [3.63, 3.8) is 0 Å². The monoisotopic (exact) mass is 398 g/mol. The topological polar surface area (TPSA) is 68.0 Å². The lowest BCUT2D eigenvalue weighted by Crippen LogP contribution is -2.07. The van der Waals surface area contributed by atoms with Crippen LogP contribution in [0.4, 0.5) is 5.82 Å². The third-order valence-corrected chi connectivity index (χ3v) is 4.18. The van der Waals surface area contributed by atoms with Crippen LogP contribution in [-0.2, 0) is 0 Å². The smallest absolute Gasteiger partial charge is 0.159 e. The van der Waals surface area contributed by atoms with Crippen LogP contribution in [0.3, 0.4) is 0 Å². The van der Waals surface area contributed by atoms with Gasteiger partial charge in [-0.1, -0.05) is 28.1 Å². The van der Waals surface area contributed by atoms with Crippen LogP contribution in [0.2, 0.25) is 0 Å². The Hall–Kier alpha value is -2.54. The first-order chi connectivity index (χ1) is 11.9. The number of aryl methyl sites for hydroxylation is 3. The SMILES string of the molecule is C/C(=N\Nc1cc(-n2nc(C)cc2C)nc(C)n1)c1ccc(Br)cc1. The van der Waals surface area contributed by atoms with E-state index in [1.165, 1.54) is 0 Å². The Kier molecular flexibility index (Phi) is 4.94. The number of aromatic nitrogens is 4. The fraction of sp³-hybridized carbons (Fsp3) is 0.222. The molecular weight excluding hydrogens is 380 g/mol. The second kappa shape index (κ2) is 7.14. The van der Waals surface area contributed by atoms with E-state index in [1.807, 2.05) is 64.1 Å². The van der Waals surface area contributed by atoms with Gasteiger partial charge < -0.3 is 0 Å². The minimum atomic E-state index is 0.631. The highest BCUT2D eigenvalue weighted by Gasteiger charge is 2.08. The molecule has 1 N–H and O–H groups in total. The molecule has 0 unspecified atom stereocenters. The molecule has 3 aromatic rings. The lowest BCUT2D eigenvalue weighted by atomic mass is 10.1. The van der Waals surface area contributed by atoms with Crippen LogP contribution in [0.25, 0.3) is 5.82 Å². The summed E-state index contributed by atoms with van der Waals surface area (Å²) in [6.07, 6.45) is 0. The number of anilines is 1. The van der Waals surface area contributed by atoms with Gasteiger partial charge in [-0.25, -0.2) is 14.6 Å². The van der Waals surface area contributed by atoms with E-state index >= 15 is 0 Å². The highest BCUT2D eigenvalue weighted by Crippen LogP contribution is 2.15. The zero-order valence-electron chi connectivity index (χ0n) is 14.6. The van der Waals surface area contributed by atoms with Gasteiger partial charge in [0.2, 0.25) is 0 Å². The first-order valence-electron chi connectivity index (χ1n) is 7.88. The van der Waals surface area contributed by atoms with Crippen LogP contribution >= 0.6 is 15.9 Å². The molecule has 7 heteroatoms. The molecule has 0 spiro atoms. The normalized spacial score (nSPS) is 11.6. The van der Waals surface area contributed by atoms with Crippen LogP contribution in [0.5, 0.6) is 0 Å². The van der Waals surface area contributed by atoms with Crippen LogP contribution in [0, 0.1) is 20.8 Å². The summed E-state index contributed by atoms with van der Waals surface area (Å²) in [5, 5.41) is 8.90. The quantitative estimate of drug-likeness (QED) is 0.528. The molecule has 2 aromatic heterocycles. The van der Waals surface area contributed by atoms with Gasteiger partial charge in [-0.3, -0.25) is 5.43 Å². The molecule has 0 atom stereocenters. The van der Waals surface area contributed by atoms with E-state index < -0.39 is 0 Å². The largest absolute Gasteiger partial charge is 0.261 e. The van der Waals surface area contributed by atoms with Crippen molar-refractivity contribution in [2.75, 3.05) is 5.43 Å². The van der Waals surface area contributed by atoms with Crippen molar-refractivity contribution >= 4 is 27.5 Å². The number of halogens is 1. The summed E-state index contributed by atoms with van der Waals surface area (Å²) < 4.78 is 2.85. The maximum absolute atomic E-state index is 4.47. The van der Waals surface area contributed by atoms with Gasteiger partial charge in [0.25, 0.3) is 0 Å². The molecule has 0 aliphatic rings. The summed E-state index contributed by atoms with van der Waals surface area (Å²) >= 11 is 3.44. The van der Waals surface area contributed by atoms with E-state index in [0.717, 1.165) is 33.0 Å². The highest BCUT2D eigenvalue weighted by atomic mass is 79.9. The second-order valence-electron chi connectivity index (χ2n) is 5.81. The minimum absolute atomic E-state index is 0.631. The first-order valence-corrected chi connectivity index (χ1v) is 8.67. The lowest BCUT2D eigenvalue weighted by Gasteiger charge is -2.08. The molecule has 3 rings (SSSR count). The summed E-state index contributed by atoms with van der Waals surface area (Å²) in [6.45, 7) is 7.76. The van der Waals surface area contributed by atoms with Crippen molar-refractivity contribution in [1.82, 2.24) is 19.7 Å². The number of benzene rings is 1. The number of nitrogens with one attached hydrogen (secondary N) is 1. The summed E-state index contributed by atoms with van der Waals surface area (Å²) in [6, 6.07) is 11.9. The second-order valence-corrected chi connectivity index (χ2v) is 6.73. The van der Waals surface area contributed by atoms with Crippen LogP contribution in [0.15, 0.2) is 46.0 Å². The number of nitrogens with zero attached hydrogens (tertiary/aromatic N) is 5. The number of hydrogen-bond donors (Lipinski definition) is 1. The van der Waals surface area contributed by atoms with Crippen LogP contribution in [0.1, 0.15) is 29.7 Å². The molecule has 0 saturated heterocycles. The molecule has 6 nitrogen and oxygen atoms in total. The Bertz CT molecular complexity index is 927. The lowest BCUT2D eigenvalue weighted by molar-refractivity contribution is 0.793. The van der Waals surface area contributed by atoms with Gasteiger partial charge in [0.15, 0.2) is 11.6 Å². The first kappa shape index (κ1) is 17.3. The van der Waals surface area contributed by atoms with E-state index in [1.54, 1.807) is 4.68 Å². The average molecular weight is 399 g/mol. The molecule has 128 valence electrons. The van der Waals surface area contributed by atoms with Crippen LogP contribution in [-0.4, -0.2) is 25.5 Å². The van der Waals surface area contributed by atoms with E-state index in [-0.39, 0.29) is 0 Å². The van der Waals surface area contributed by atoms with Crippen molar-refractivity contribution in [1.29, 1.82) is 0 Å². The zero-order chi connectivity index (χ0) is 18.0. The minimum Gasteiger partial charge on any atom is -0.261 e. The van der Waals surface area contributed by atoms with E-state index in [4.69, 9.17) is 0 Å². The van der Waals surface area contributed by atoms with Crippen molar-refractivity contribution in [3.8, 4) is 5.82 Å². The Morgan fingerprint density at radius 3 is 2.44 bits per heavy atom. The van der Waals surface area contributed by atoms with Gasteiger partial charge in [0.1, 0.15) is 5.82 Å². The van der Waals surface area contributed by atoms with Gasteiger partial charge in [0.05, 0.1) is 11.4 Å². The molecule has 0 radical (unpaired) electrons. The molecule has 0 fully saturated rings. The number of hydrazone groups is 1. The third-order valence-electron chi connectivity index (χ3n) is 3.65. The molecule has 0 aliphatic carbocycles. The van der Waals surface area contributed by atoms with Gasteiger partial charge >= 0.3 is 0 Å². The summed E-state index contributed by atoms with van der Waals surface area (Å²) in [5.74, 6) is 2.01. The Morgan fingerprint density at radius 2 is 1.80 bits per heavy atom. The third kappa shape index (κ3) is 4.11. The summed E-state index contributed by atoms with van der Waals surface area (Å²) in [4.78, 5) is 8.87. The predicted octanol–water partition coefficient (Wildman–Crippen LogP) is 4.19. The molecule has 0 amide bonds. The molecular formula is C18H19BrN6. The number of hydrogen-bond acceptors (Lipinski definition) is 5. The molecule has 0 bridgehead atoms. The van der Waals surface area contributed by atoms with Gasteiger partial charge in [-0.05, 0) is 51.5 Å². The summed E-state index contributed by atoms with van der Waals surface area (Å²) in [7, 11) is 0. The van der Waals surface area contributed by atoms with Crippen molar-refractivity contribution in [3.05, 3.63) is 63.6 Å². The summed E-state index contributed by atoms with van der Waals surface area (Å²) in [5.41, 5.74) is 6.91. The molecule has 1 aromatic carbocycles. The van der Waals surface area contributed by atoms with Crippen molar-refractivity contribution < 1.29 is 0 Å². The fourth-order valence-electron chi connectivity index (χ4n) is 2.48. The van der Waals surface area contributed by atoms with Crippen LogP contribution < -0.4 is 5.43 Å². The van der Waals surface area contributed by atoms with E-state index in [0.29, 0.717) is 11.6 Å². The van der Waals surface area contributed by atoms with Gasteiger partial charge in [0, 0.05) is 16.2 Å². The Morgan fingerprint density at radius 1 is 1.08 bits per heavy atom. The highest BCUT2D eigenvalue weighted by molar-refractivity contribution is 9.10. The fourth-order valence-corrected chi connectivity index (χ4v) is 2.74. The van der Waals surface area contributed by atoms with E-state index in [2.05, 4.69) is 41.5 Å². The Balaban J connectivity index is 1.87. The van der Waals surface area contributed by atoms with E-state index in [9.17, 15) is 0 Å². The molecule has 2 heterocycles. The maximum atomic E-state index is 4.47. The molecule has 25 heavy (non-hydrogen) atoms. The molecule has 0 aliphatic heterocycles. The predicted molar refractivity (Wildman–Crippen MR) is 103 cm³/mol. The Labute approximate surface area is 155 Å². The van der Waals surface area contributed by atoms with Gasteiger partial charge in [-0.15, -0.1) is 0 Å². The zero-order valence-corrected chi connectivity index (χ0v) is 16.2. The standard InChI is InChI=1S/C18H19BrN6/c1-11-9-12(2)25(24-11)18-10-17(20-14(4)21-18)23-22-13(3)15-5-7-16(19)8-6-15/h5-10H,1-4H3,(H,20,21,23)/b22-13+. The number of rotatable bonds is 4. The average Bonchev–Trinajstić information content (AvgIpc) is 2.91. The maximum Gasteiger partial charge on any atom is 0.159 e. The van der Waals surface area contributed by atoms with Crippen molar-refractivity contribution in [2.45, 2.75) is 27.7 Å². The van der Waals surface area contributed by atoms with Crippen molar-refractivity contribution in [2.24, 2.45) is 5.10 Å².